The predicted octanol–water partition coefficient (Wildman–Crippen LogP) is 2.19. The van der Waals surface area contributed by atoms with Gasteiger partial charge in [0, 0.05) is 25.2 Å². The van der Waals surface area contributed by atoms with Gasteiger partial charge in [0.1, 0.15) is 0 Å². The molecule has 0 atom stereocenters. The molecule has 106 valence electrons. The number of nitrogen functional groups attached to an aromatic ring is 1. The van der Waals surface area contributed by atoms with Crippen LogP contribution in [0.15, 0.2) is 22.7 Å². The molecule has 1 heterocycles. The highest BCUT2D eigenvalue weighted by atomic mass is 16.5. The number of aromatic nitrogens is 1. The lowest BCUT2D eigenvalue weighted by molar-refractivity contribution is 0.102. The van der Waals surface area contributed by atoms with E-state index in [4.69, 9.17) is 10.3 Å². The van der Waals surface area contributed by atoms with E-state index in [2.05, 4.69) is 10.5 Å². The fourth-order valence-corrected chi connectivity index (χ4v) is 1.81. The van der Waals surface area contributed by atoms with Gasteiger partial charge in [0.15, 0.2) is 0 Å². The lowest BCUT2D eigenvalue weighted by Gasteiger charge is -2.15. The number of nitrogens with two attached hydrogens (primary N) is 1. The van der Waals surface area contributed by atoms with E-state index in [0.717, 1.165) is 16.9 Å². The number of benzene rings is 1. The number of hydrogen-bond donors (Lipinski definition) is 2. The molecule has 0 bridgehead atoms. The normalized spacial score (nSPS) is 10.4. The first-order valence-corrected chi connectivity index (χ1v) is 6.21. The van der Waals surface area contributed by atoms with E-state index in [1.807, 2.05) is 38.9 Å². The lowest BCUT2D eigenvalue weighted by atomic mass is 10.1. The molecule has 0 aliphatic carbocycles. The van der Waals surface area contributed by atoms with Gasteiger partial charge in [-0.15, -0.1) is 0 Å². The van der Waals surface area contributed by atoms with Gasteiger partial charge in [0.25, 0.3) is 5.91 Å². The molecule has 2 rings (SSSR count). The van der Waals surface area contributed by atoms with Gasteiger partial charge in [-0.25, -0.2) is 0 Å². The maximum atomic E-state index is 12.1. The monoisotopic (exact) mass is 274 g/mol. The summed E-state index contributed by atoms with van der Waals surface area (Å²) in [5, 5.41) is 6.48. The minimum absolute atomic E-state index is 0.277. The Morgan fingerprint density at radius 1 is 1.35 bits per heavy atom. The molecule has 0 aliphatic heterocycles. The Hall–Kier alpha value is -2.50. The fraction of sp³-hybridized carbons (Fsp3) is 0.286. The molecule has 2 aromatic rings. The number of carbonyl (C=O) groups is 1. The van der Waals surface area contributed by atoms with Crippen molar-refractivity contribution >= 4 is 23.2 Å². The number of nitrogens with one attached hydrogen (secondary N) is 1. The summed E-state index contributed by atoms with van der Waals surface area (Å²) >= 11 is 0. The highest BCUT2D eigenvalue weighted by Crippen LogP contribution is 2.23. The molecule has 3 N–H and O–H groups in total. The van der Waals surface area contributed by atoms with Crippen LogP contribution in [0.5, 0.6) is 0 Å². The topological polar surface area (TPSA) is 84.4 Å². The van der Waals surface area contributed by atoms with E-state index in [0.29, 0.717) is 17.1 Å². The second-order valence-electron chi connectivity index (χ2n) is 4.84. The van der Waals surface area contributed by atoms with E-state index in [9.17, 15) is 4.79 Å². The summed E-state index contributed by atoms with van der Waals surface area (Å²) in [7, 11) is 3.79. The zero-order valence-electron chi connectivity index (χ0n) is 12.0. The van der Waals surface area contributed by atoms with Crippen LogP contribution in [0.2, 0.25) is 0 Å². The summed E-state index contributed by atoms with van der Waals surface area (Å²) in [6.45, 7) is 3.66. The van der Waals surface area contributed by atoms with Gasteiger partial charge in [-0.3, -0.25) is 10.1 Å². The highest BCUT2D eigenvalue weighted by Gasteiger charge is 2.14. The largest absolute Gasteiger partial charge is 0.397 e. The molecule has 0 saturated heterocycles. The summed E-state index contributed by atoms with van der Waals surface area (Å²) in [4.78, 5) is 14.0. The first kappa shape index (κ1) is 13.9. The molecule has 1 aromatic carbocycles. The average molecular weight is 274 g/mol. The SMILES string of the molecule is Cc1noc(NC(=O)c2ccc(N(C)C)c(N)c2)c1C. The highest BCUT2D eigenvalue weighted by molar-refractivity contribution is 6.05. The summed E-state index contributed by atoms with van der Waals surface area (Å²) in [6.07, 6.45) is 0. The first-order valence-electron chi connectivity index (χ1n) is 6.21. The third-order valence-electron chi connectivity index (χ3n) is 3.16. The van der Waals surface area contributed by atoms with Gasteiger partial charge < -0.3 is 15.2 Å². The van der Waals surface area contributed by atoms with Gasteiger partial charge in [-0.2, -0.15) is 0 Å². The maximum Gasteiger partial charge on any atom is 0.258 e. The van der Waals surface area contributed by atoms with Crippen LogP contribution < -0.4 is 16.0 Å². The van der Waals surface area contributed by atoms with Crippen LogP contribution in [0.25, 0.3) is 0 Å². The van der Waals surface area contributed by atoms with Crippen LogP contribution in [0.3, 0.4) is 0 Å². The summed E-state index contributed by atoms with van der Waals surface area (Å²) < 4.78 is 5.06. The summed E-state index contributed by atoms with van der Waals surface area (Å²) in [5.41, 5.74) is 9.39. The van der Waals surface area contributed by atoms with Crippen molar-refractivity contribution in [3.63, 3.8) is 0 Å². The Balaban J connectivity index is 2.22. The molecule has 0 spiro atoms. The summed E-state index contributed by atoms with van der Waals surface area (Å²) in [5.74, 6) is 0.0870. The smallest absolute Gasteiger partial charge is 0.258 e. The van der Waals surface area contributed by atoms with Crippen molar-refractivity contribution in [1.29, 1.82) is 0 Å². The van der Waals surface area contributed by atoms with Crippen molar-refractivity contribution in [2.24, 2.45) is 0 Å². The van der Waals surface area contributed by atoms with E-state index >= 15 is 0 Å². The van der Waals surface area contributed by atoms with Crippen molar-refractivity contribution < 1.29 is 9.32 Å². The fourth-order valence-electron chi connectivity index (χ4n) is 1.81. The third-order valence-corrected chi connectivity index (χ3v) is 3.16. The molecule has 20 heavy (non-hydrogen) atoms. The lowest BCUT2D eigenvalue weighted by Crippen LogP contribution is -2.15. The maximum absolute atomic E-state index is 12.1. The molecule has 0 aliphatic rings. The molecule has 0 radical (unpaired) electrons. The number of rotatable bonds is 3. The van der Waals surface area contributed by atoms with Crippen LogP contribution >= 0.6 is 0 Å². The van der Waals surface area contributed by atoms with Crippen molar-refractivity contribution in [1.82, 2.24) is 5.16 Å². The minimum Gasteiger partial charge on any atom is -0.397 e. The Labute approximate surface area is 117 Å². The molecule has 0 fully saturated rings. The number of nitrogens with zero attached hydrogens (tertiary/aromatic N) is 2. The molecule has 6 heteroatoms. The van der Waals surface area contributed by atoms with Gasteiger partial charge >= 0.3 is 0 Å². The number of anilines is 3. The molecule has 6 nitrogen and oxygen atoms in total. The van der Waals surface area contributed by atoms with E-state index < -0.39 is 0 Å². The van der Waals surface area contributed by atoms with Gasteiger partial charge in [-0.1, -0.05) is 5.16 Å². The van der Waals surface area contributed by atoms with Gasteiger partial charge in [-0.05, 0) is 32.0 Å². The standard InChI is InChI=1S/C14H18N4O2/c1-8-9(2)17-20-14(8)16-13(19)10-5-6-12(18(3)4)11(15)7-10/h5-7H,15H2,1-4H3,(H,16,19). The van der Waals surface area contributed by atoms with E-state index in [1.165, 1.54) is 0 Å². The first-order chi connectivity index (χ1) is 9.40. The third kappa shape index (κ3) is 2.59. The number of aryl methyl sites for hydroxylation is 1. The van der Waals surface area contributed by atoms with Crippen molar-refractivity contribution in [2.75, 3.05) is 30.0 Å². The Morgan fingerprint density at radius 2 is 2.05 bits per heavy atom. The average Bonchev–Trinajstić information content (AvgIpc) is 2.70. The molecule has 1 aromatic heterocycles. The van der Waals surface area contributed by atoms with Crippen LogP contribution in [0, 0.1) is 13.8 Å². The van der Waals surface area contributed by atoms with Crippen LogP contribution in [0.1, 0.15) is 21.6 Å². The molecule has 0 unspecified atom stereocenters. The zero-order chi connectivity index (χ0) is 14.9. The Kier molecular flexibility index (Phi) is 3.65. The molecular formula is C14H18N4O2. The minimum atomic E-state index is -0.277. The van der Waals surface area contributed by atoms with Crippen molar-refractivity contribution in [3.05, 3.63) is 35.0 Å². The van der Waals surface area contributed by atoms with Gasteiger partial charge in [0.2, 0.25) is 5.88 Å². The quantitative estimate of drug-likeness (QED) is 0.838. The molecular weight excluding hydrogens is 256 g/mol. The number of carbonyl (C=O) groups excluding carboxylic acids is 1. The van der Waals surface area contributed by atoms with Crippen LogP contribution in [0.4, 0.5) is 17.3 Å². The molecule has 0 saturated carbocycles. The second kappa shape index (κ2) is 5.24. The van der Waals surface area contributed by atoms with E-state index in [-0.39, 0.29) is 5.91 Å². The Bertz CT molecular complexity index is 647. The van der Waals surface area contributed by atoms with Crippen LogP contribution in [-0.2, 0) is 0 Å². The number of amides is 1. The summed E-state index contributed by atoms with van der Waals surface area (Å²) in [6, 6.07) is 5.17. The van der Waals surface area contributed by atoms with Crippen LogP contribution in [-0.4, -0.2) is 25.2 Å². The Morgan fingerprint density at radius 3 is 2.55 bits per heavy atom. The predicted molar refractivity (Wildman–Crippen MR) is 79.1 cm³/mol. The van der Waals surface area contributed by atoms with E-state index in [1.54, 1.807) is 12.1 Å². The second-order valence-corrected chi connectivity index (χ2v) is 4.84. The van der Waals surface area contributed by atoms with Crippen molar-refractivity contribution in [3.8, 4) is 0 Å². The van der Waals surface area contributed by atoms with Gasteiger partial charge in [0.05, 0.1) is 17.1 Å². The van der Waals surface area contributed by atoms with Crippen molar-refractivity contribution in [2.45, 2.75) is 13.8 Å². The zero-order valence-corrected chi connectivity index (χ0v) is 12.0. The molecule has 1 amide bonds. The number of hydrogen-bond acceptors (Lipinski definition) is 5.